The molecule has 24 heavy (non-hydrogen) atoms. The normalized spacial score (nSPS) is 11.0. The highest BCUT2D eigenvalue weighted by Crippen LogP contribution is 2.23. The van der Waals surface area contributed by atoms with E-state index in [4.69, 9.17) is 5.11 Å². The lowest BCUT2D eigenvalue weighted by Crippen LogP contribution is -2.05. The van der Waals surface area contributed by atoms with Crippen molar-refractivity contribution in [2.24, 2.45) is 0 Å². The van der Waals surface area contributed by atoms with Crippen LogP contribution in [0.25, 0.3) is 22.8 Å². The van der Waals surface area contributed by atoms with Crippen molar-refractivity contribution in [2.75, 3.05) is 0 Å². The van der Waals surface area contributed by atoms with Gasteiger partial charge in [-0.2, -0.15) is 13.9 Å². The number of aromatic carboxylic acids is 1. The highest BCUT2D eigenvalue weighted by atomic mass is 19.3. The van der Waals surface area contributed by atoms with E-state index in [1.165, 1.54) is 36.4 Å². The zero-order valence-corrected chi connectivity index (χ0v) is 11.9. The number of carboxylic acid groups (broad SMARTS) is 1. The van der Waals surface area contributed by atoms with Crippen LogP contribution < -0.4 is 0 Å². The maximum absolute atomic E-state index is 13.0. The first kappa shape index (κ1) is 15.7. The fourth-order valence-corrected chi connectivity index (χ4v) is 2.01. The average Bonchev–Trinajstić information content (AvgIpc) is 3.05. The number of rotatable bonds is 4. The summed E-state index contributed by atoms with van der Waals surface area (Å²) in [6.45, 7) is -2.84. The molecule has 3 aromatic rings. The summed E-state index contributed by atoms with van der Waals surface area (Å²) < 4.78 is 38.7. The third kappa shape index (κ3) is 3.09. The number of nitrogens with zero attached hydrogens (tertiary/aromatic N) is 4. The van der Waals surface area contributed by atoms with Gasteiger partial charge < -0.3 is 5.11 Å². The first-order valence-electron chi connectivity index (χ1n) is 6.66. The molecule has 0 radical (unpaired) electrons. The molecule has 2 aromatic heterocycles. The van der Waals surface area contributed by atoms with Crippen LogP contribution in [0.2, 0.25) is 0 Å². The minimum absolute atomic E-state index is 0.00163. The van der Waals surface area contributed by atoms with Gasteiger partial charge >= 0.3 is 12.5 Å². The molecule has 2 heterocycles. The molecule has 0 spiro atoms. The van der Waals surface area contributed by atoms with Gasteiger partial charge in [0, 0.05) is 11.8 Å². The van der Waals surface area contributed by atoms with Crippen LogP contribution in [0.1, 0.15) is 17.0 Å². The third-order valence-electron chi connectivity index (χ3n) is 3.12. The molecule has 0 saturated heterocycles. The zero-order chi connectivity index (χ0) is 17.3. The van der Waals surface area contributed by atoms with Crippen LogP contribution >= 0.6 is 0 Å². The van der Waals surface area contributed by atoms with Crippen LogP contribution in [-0.2, 0) is 0 Å². The van der Waals surface area contributed by atoms with Gasteiger partial charge in [-0.15, -0.1) is 0 Å². The highest BCUT2D eigenvalue weighted by molar-refractivity contribution is 5.87. The lowest BCUT2D eigenvalue weighted by atomic mass is 10.1. The van der Waals surface area contributed by atoms with Crippen molar-refractivity contribution in [3.05, 3.63) is 54.1 Å². The van der Waals surface area contributed by atoms with E-state index >= 15 is 0 Å². The minimum atomic E-state index is -2.84. The Morgan fingerprint density at radius 1 is 1.08 bits per heavy atom. The molecule has 0 unspecified atom stereocenters. The fraction of sp³-hybridized carbons (Fsp3) is 0.0667. The molecule has 0 saturated carbocycles. The van der Waals surface area contributed by atoms with Gasteiger partial charge in [-0.3, -0.25) is 0 Å². The summed E-state index contributed by atoms with van der Waals surface area (Å²) in [6, 6.07) is 7.70. The Bertz CT molecular complexity index is 894. The van der Waals surface area contributed by atoms with Gasteiger partial charge in [0.1, 0.15) is 11.5 Å². The van der Waals surface area contributed by atoms with E-state index in [1.807, 2.05) is 0 Å². The number of carboxylic acids is 1. The number of carbonyl (C=O) groups is 1. The molecule has 122 valence electrons. The number of halogens is 3. The van der Waals surface area contributed by atoms with E-state index in [0.717, 1.165) is 6.20 Å². The molecule has 3 rings (SSSR count). The van der Waals surface area contributed by atoms with E-state index in [1.54, 1.807) is 0 Å². The monoisotopic (exact) mass is 334 g/mol. The van der Waals surface area contributed by atoms with Gasteiger partial charge in [0.15, 0.2) is 11.5 Å². The largest absolute Gasteiger partial charge is 0.477 e. The summed E-state index contributed by atoms with van der Waals surface area (Å²) in [5, 5.41) is 12.8. The Morgan fingerprint density at radius 2 is 1.79 bits per heavy atom. The molecular weight excluding hydrogens is 325 g/mol. The van der Waals surface area contributed by atoms with Gasteiger partial charge in [0.05, 0.1) is 5.69 Å². The standard InChI is InChI=1S/C15H9F3N4O2/c16-9-3-1-8(2-4-9)11-7-12(14(23)24)20-13(19-11)10-5-6-22(21-10)15(17)18/h1-7,15H,(H,23,24). The average molecular weight is 334 g/mol. The second-order valence-corrected chi connectivity index (χ2v) is 4.73. The lowest BCUT2D eigenvalue weighted by molar-refractivity contribution is 0.0567. The number of hydrogen-bond acceptors (Lipinski definition) is 4. The summed E-state index contributed by atoms with van der Waals surface area (Å²) in [6.07, 6.45) is 1.04. The van der Waals surface area contributed by atoms with Crippen molar-refractivity contribution >= 4 is 5.97 Å². The van der Waals surface area contributed by atoms with E-state index in [2.05, 4.69) is 15.1 Å². The number of aromatic nitrogens is 4. The summed E-state index contributed by atoms with van der Waals surface area (Å²) in [5.41, 5.74) is 0.340. The van der Waals surface area contributed by atoms with Gasteiger partial charge in [0.25, 0.3) is 0 Å². The van der Waals surface area contributed by atoms with Crippen LogP contribution in [0, 0.1) is 5.82 Å². The van der Waals surface area contributed by atoms with Gasteiger partial charge in [-0.25, -0.2) is 23.8 Å². The highest BCUT2D eigenvalue weighted by Gasteiger charge is 2.16. The molecule has 1 N–H and O–H groups in total. The molecule has 0 fully saturated rings. The van der Waals surface area contributed by atoms with Crippen LogP contribution in [0.4, 0.5) is 13.2 Å². The van der Waals surface area contributed by atoms with Crippen molar-refractivity contribution in [3.63, 3.8) is 0 Å². The van der Waals surface area contributed by atoms with Crippen LogP contribution in [-0.4, -0.2) is 30.8 Å². The molecule has 0 aliphatic heterocycles. The molecule has 0 bridgehead atoms. The van der Waals surface area contributed by atoms with Crippen molar-refractivity contribution in [1.29, 1.82) is 0 Å². The second-order valence-electron chi connectivity index (χ2n) is 4.73. The van der Waals surface area contributed by atoms with E-state index in [-0.39, 0.29) is 22.9 Å². The number of alkyl halides is 2. The van der Waals surface area contributed by atoms with Gasteiger partial charge in [0.2, 0.25) is 0 Å². The Morgan fingerprint density at radius 3 is 2.38 bits per heavy atom. The first-order valence-corrected chi connectivity index (χ1v) is 6.66. The Labute approximate surface area is 133 Å². The maximum atomic E-state index is 13.0. The lowest BCUT2D eigenvalue weighted by Gasteiger charge is -2.05. The molecule has 0 atom stereocenters. The van der Waals surface area contributed by atoms with Crippen molar-refractivity contribution in [2.45, 2.75) is 6.55 Å². The predicted molar refractivity (Wildman–Crippen MR) is 76.9 cm³/mol. The van der Waals surface area contributed by atoms with Crippen molar-refractivity contribution < 1.29 is 23.1 Å². The Balaban J connectivity index is 2.11. The van der Waals surface area contributed by atoms with Gasteiger partial charge in [-0.1, -0.05) is 0 Å². The number of benzene rings is 1. The topological polar surface area (TPSA) is 80.9 Å². The van der Waals surface area contributed by atoms with E-state index in [0.29, 0.717) is 10.2 Å². The van der Waals surface area contributed by atoms with E-state index < -0.39 is 18.3 Å². The molecule has 0 aliphatic carbocycles. The number of hydrogen-bond donors (Lipinski definition) is 1. The summed E-state index contributed by atoms with van der Waals surface area (Å²) in [7, 11) is 0. The predicted octanol–water partition coefficient (Wildman–Crippen LogP) is 3.24. The molecule has 1 aromatic carbocycles. The van der Waals surface area contributed by atoms with E-state index in [9.17, 15) is 18.0 Å². The molecule has 0 amide bonds. The van der Waals surface area contributed by atoms with Gasteiger partial charge in [-0.05, 0) is 36.4 Å². The molecule has 9 heteroatoms. The quantitative estimate of drug-likeness (QED) is 0.792. The fourth-order valence-electron chi connectivity index (χ4n) is 2.01. The maximum Gasteiger partial charge on any atom is 0.354 e. The molecule has 0 aliphatic rings. The summed E-state index contributed by atoms with van der Waals surface area (Å²) in [5.74, 6) is -1.88. The van der Waals surface area contributed by atoms with Crippen LogP contribution in [0.5, 0.6) is 0 Å². The Hall–Kier alpha value is -3.23. The summed E-state index contributed by atoms with van der Waals surface area (Å²) >= 11 is 0. The molecule has 6 nitrogen and oxygen atoms in total. The van der Waals surface area contributed by atoms with Crippen LogP contribution in [0.15, 0.2) is 42.6 Å². The minimum Gasteiger partial charge on any atom is -0.477 e. The Kier molecular flexibility index (Phi) is 3.98. The van der Waals surface area contributed by atoms with Crippen molar-refractivity contribution in [3.8, 4) is 22.8 Å². The van der Waals surface area contributed by atoms with Crippen molar-refractivity contribution in [1.82, 2.24) is 19.7 Å². The molecular formula is C15H9F3N4O2. The zero-order valence-electron chi connectivity index (χ0n) is 11.9. The first-order chi connectivity index (χ1) is 11.4. The third-order valence-corrected chi connectivity index (χ3v) is 3.12. The second kappa shape index (κ2) is 6.11. The summed E-state index contributed by atoms with van der Waals surface area (Å²) in [4.78, 5) is 19.2. The smallest absolute Gasteiger partial charge is 0.354 e. The van der Waals surface area contributed by atoms with Crippen LogP contribution in [0.3, 0.4) is 0 Å². The SMILES string of the molecule is O=C(O)c1cc(-c2ccc(F)cc2)nc(-c2ccn(C(F)F)n2)n1.